The van der Waals surface area contributed by atoms with Crippen LogP contribution in [0.1, 0.15) is 37.3 Å². The van der Waals surface area contributed by atoms with E-state index in [9.17, 15) is 4.79 Å². The van der Waals surface area contributed by atoms with Crippen LogP contribution in [0.4, 0.5) is 5.69 Å². The summed E-state index contributed by atoms with van der Waals surface area (Å²) < 4.78 is 0. The Labute approximate surface area is 163 Å². The van der Waals surface area contributed by atoms with Crippen molar-refractivity contribution in [3.05, 3.63) is 71.8 Å². The minimum atomic E-state index is -0.129. The molecule has 0 radical (unpaired) electrons. The van der Waals surface area contributed by atoms with Gasteiger partial charge in [0.25, 0.3) is 0 Å². The first kappa shape index (κ1) is 20.9. The standard InChI is InChI=1S/C23H31N3O/c1-3-4-18-26(2)22(24)16-15-20-12-8-9-13-21(20)25-23(27)17-14-19-10-6-5-7-11-19/h5-14,17,22H,3-4,15-16,18,24H2,1-2H3,(H,25,27)/b17-14+/t22-/m1/s1. The number of nitrogens with zero attached hydrogens (tertiary/aromatic N) is 1. The number of aryl methyl sites for hydroxylation is 1. The minimum Gasteiger partial charge on any atom is -0.322 e. The van der Waals surface area contributed by atoms with Gasteiger partial charge in [-0.15, -0.1) is 0 Å². The number of carbonyl (C=O) groups excluding carboxylic acids is 1. The number of nitrogens with one attached hydrogen (secondary N) is 1. The normalized spacial score (nSPS) is 12.4. The Morgan fingerprint density at radius 2 is 1.85 bits per heavy atom. The molecule has 0 aromatic heterocycles. The summed E-state index contributed by atoms with van der Waals surface area (Å²) in [6.45, 7) is 3.20. The van der Waals surface area contributed by atoms with E-state index in [0.29, 0.717) is 0 Å². The van der Waals surface area contributed by atoms with Crippen LogP contribution in [0.15, 0.2) is 60.7 Å². The number of amides is 1. The summed E-state index contributed by atoms with van der Waals surface area (Å²) in [5, 5.41) is 2.99. The number of unbranched alkanes of at least 4 members (excludes halogenated alkanes) is 1. The lowest BCUT2D eigenvalue weighted by atomic mass is 10.1. The molecular weight excluding hydrogens is 334 g/mol. The van der Waals surface area contributed by atoms with Crippen molar-refractivity contribution in [3.63, 3.8) is 0 Å². The third kappa shape index (κ3) is 7.37. The van der Waals surface area contributed by atoms with Crippen molar-refractivity contribution in [2.45, 2.75) is 38.8 Å². The fourth-order valence-corrected chi connectivity index (χ4v) is 2.87. The summed E-state index contributed by atoms with van der Waals surface area (Å²) in [4.78, 5) is 14.5. The van der Waals surface area contributed by atoms with E-state index in [2.05, 4.69) is 30.3 Å². The Morgan fingerprint density at radius 3 is 2.59 bits per heavy atom. The molecule has 0 fully saturated rings. The molecule has 3 N–H and O–H groups in total. The van der Waals surface area contributed by atoms with Crippen LogP contribution in [-0.4, -0.2) is 30.6 Å². The van der Waals surface area contributed by atoms with E-state index in [1.54, 1.807) is 6.08 Å². The molecule has 2 rings (SSSR count). The number of rotatable bonds is 10. The molecule has 0 saturated carbocycles. The Bertz CT molecular complexity index is 727. The highest BCUT2D eigenvalue weighted by Crippen LogP contribution is 2.18. The molecule has 4 nitrogen and oxygen atoms in total. The minimum absolute atomic E-state index is 0.0262. The molecule has 0 aliphatic carbocycles. The molecule has 0 aliphatic rings. The molecule has 0 bridgehead atoms. The average Bonchev–Trinajstić information content (AvgIpc) is 2.70. The lowest BCUT2D eigenvalue weighted by Crippen LogP contribution is -2.40. The number of hydrogen-bond acceptors (Lipinski definition) is 3. The quantitative estimate of drug-likeness (QED) is 0.488. The van der Waals surface area contributed by atoms with Gasteiger partial charge >= 0.3 is 0 Å². The Morgan fingerprint density at radius 1 is 1.15 bits per heavy atom. The van der Waals surface area contributed by atoms with Gasteiger partial charge in [-0.2, -0.15) is 0 Å². The zero-order valence-electron chi connectivity index (χ0n) is 16.4. The molecule has 27 heavy (non-hydrogen) atoms. The van der Waals surface area contributed by atoms with Gasteiger partial charge in [0.15, 0.2) is 0 Å². The molecule has 0 saturated heterocycles. The van der Waals surface area contributed by atoms with Crippen molar-refractivity contribution >= 4 is 17.7 Å². The van der Waals surface area contributed by atoms with Crippen LogP contribution in [0.25, 0.3) is 6.08 Å². The molecule has 0 unspecified atom stereocenters. The van der Waals surface area contributed by atoms with Gasteiger partial charge in [-0.1, -0.05) is 61.9 Å². The van der Waals surface area contributed by atoms with Crippen LogP contribution in [0.3, 0.4) is 0 Å². The second-order valence-corrected chi connectivity index (χ2v) is 6.83. The third-order valence-corrected chi connectivity index (χ3v) is 4.64. The second kappa shape index (κ2) is 11.3. The van der Waals surface area contributed by atoms with E-state index >= 15 is 0 Å². The van der Waals surface area contributed by atoms with Crippen molar-refractivity contribution in [2.24, 2.45) is 5.73 Å². The molecule has 144 valence electrons. The van der Waals surface area contributed by atoms with Gasteiger partial charge in [-0.25, -0.2) is 0 Å². The molecule has 1 amide bonds. The molecule has 2 aromatic carbocycles. The number of anilines is 1. The summed E-state index contributed by atoms with van der Waals surface area (Å²) >= 11 is 0. The number of carbonyl (C=O) groups is 1. The van der Waals surface area contributed by atoms with Gasteiger partial charge in [-0.05, 0) is 56.1 Å². The van der Waals surface area contributed by atoms with Crippen LogP contribution in [0.2, 0.25) is 0 Å². The smallest absolute Gasteiger partial charge is 0.248 e. The molecule has 1 atom stereocenters. The first-order valence-corrected chi connectivity index (χ1v) is 9.68. The highest BCUT2D eigenvalue weighted by Gasteiger charge is 2.11. The van der Waals surface area contributed by atoms with E-state index < -0.39 is 0 Å². The maximum Gasteiger partial charge on any atom is 0.248 e. The summed E-state index contributed by atoms with van der Waals surface area (Å²) in [6, 6.07) is 17.7. The van der Waals surface area contributed by atoms with Gasteiger partial charge in [0, 0.05) is 11.8 Å². The van der Waals surface area contributed by atoms with Gasteiger partial charge in [-0.3, -0.25) is 9.69 Å². The van der Waals surface area contributed by atoms with Crippen molar-refractivity contribution in [2.75, 3.05) is 18.9 Å². The lowest BCUT2D eigenvalue weighted by Gasteiger charge is -2.24. The Balaban J connectivity index is 1.92. The SMILES string of the molecule is CCCCN(C)[C@@H](N)CCc1ccccc1NC(=O)/C=C/c1ccccc1. The number of hydrogen-bond donors (Lipinski definition) is 2. The number of benzene rings is 2. The topological polar surface area (TPSA) is 58.4 Å². The van der Waals surface area contributed by atoms with E-state index in [0.717, 1.165) is 42.6 Å². The number of nitrogens with two attached hydrogens (primary N) is 1. The van der Waals surface area contributed by atoms with E-state index in [1.165, 1.54) is 6.42 Å². The zero-order valence-corrected chi connectivity index (χ0v) is 16.4. The highest BCUT2D eigenvalue weighted by molar-refractivity contribution is 6.02. The summed E-state index contributed by atoms with van der Waals surface area (Å²) in [7, 11) is 2.07. The first-order valence-electron chi connectivity index (χ1n) is 9.68. The fourth-order valence-electron chi connectivity index (χ4n) is 2.87. The molecule has 4 heteroatoms. The van der Waals surface area contributed by atoms with Gasteiger partial charge in [0.05, 0.1) is 6.17 Å². The molecule has 0 heterocycles. The van der Waals surface area contributed by atoms with Gasteiger partial charge < -0.3 is 11.1 Å². The Kier molecular flexibility index (Phi) is 8.75. The lowest BCUT2D eigenvalue weighted by molar-refractivity contribution is -0.111. The highest BCUT2D eigenvalue weighted by atomic mass is 16.1. The predicted octanol–water partition coefficient (Wildman–Crippen LogP) is 4.29. The van der Waals surface area contributed by atoms with Crippen molar-refractivity contribution < 1.29 is 4.79 Å². The van der Waals surface area contributed by atoms with Crippen LogP contribution >= 0.6 is 0 Å². The second-order valence-electron chi connectivity index (χ2n) is 6.83. The predicted molar refractivity (Wildman–Crippen MR) is 114 cm³/mol. The Hall–Kier alpha value is -2.43. The van der Waals surface area contributed by atoms with Crippen LogP contribution in [0, 0.1) is 0 Å². The third-order valence-electron chi connectivity index (χ3n) is 4.64. The fraction of sp³-hybridized carbons (Fsp3) is 0.348. The average molecular weight is 366 g/mol. The first-order chi connectivity index (χ1) is 13.1. The monoisotopic (exact) mass is 365 g/mol. The van der Waals surface area contributed by atoms with Crippen LogP contribution in [0.5, 0.6) is 0 Å². The summed E-state index contributed by atoms with van der Waals surface area (Å²) in [6.07, 6.45) is 7.42. The van der Waals surface area contributed by atoms with Crippen molar-refractivity contribution in [1.29, 1.82) is 0 Å². The van der Waals surface area contributed by atoms with E-state index in [1.807, 2.05) is 54.6 Å². The summed E-state index contributed by atoms with van der Waals surface area (Å²) in [5.41, 5.74) is 9.26. The van der Waals surface area contributed by atoms with E-state index in [-0.39, 0.29) is 12.1 Å². The van der Waals surface area contributed by atoms with Gasteiger partial charge in [0.1, 0.15) is 0 Å². The zero-order chi connectivity index (χ0) is 19.5. The molecule has 0 aliphatic heterocycles. The van der Waals surface area contributed by atoms with Crippen molar-refractivity contribution in [1.82, 2.24) is 4.90 Å². The molecule has 0 spiro atoms. The van der Waals surface area contributed by atoms with Crippen LogP contribution in [-0.2, 0) is 11.2 Å². The molecule has 2 aromatic rings. The maximum absolute atomic E-state index is 12.3. The summed E-state index contributed by atoms with van der Waals surface area (Å²) in [5.74, 6) is -0.129. The molecular formula is C23H31N3O. The maximum atomic E-state index is 12.3. The van der Waals surface area contributed by atoms with Crippen molar-refractivity contribution in [3.8, 4) is 0 Å². The van der Waals surface area contributed by atoms with E-state index in [4.69, 9.17) is 5.73 Å². The van der Waals surface area contributed by atoms with Crippen LogP contribution < -0.4 is 11.1 Å². The number of para-hydroxylation sites is 1. The largest absolute Gasteiger partial charge is 0.322 e. The van der Waals surface area contributed by atoms with Gasteiger partial charge in [0.2, 0.25) is 5.91 Å².